The molecular formula is C12H17NO6S. The fraction of sp³-hybridized carbons (Fsp3) is 0.417. The van der Waals surface area contributed by atoms with Crippen molar-refractivity contribution in [3.8, 4) is 5.75 Å². The van der Waals surface area contributed by atoms with Crippen molar-refractivity contribution in [2.45, 2.75) is 24.3 Å². The Morgan fingerprint density at radius 2 is 2.00 bits per heavy atom. The van der Waals surface area contributed by atoms with Crippen LogP contribution in [0.25, 0.3) is 0 Å². The van der Waals surface area contributed by atoms with E-state index in [1.807, 2.05) is 0 Å². The number of rotatable bonds is 6. The van der Waals surface area contributed by atoms with E-state index in [0.717, 1.165) is 6.07 Å². The lowest BCUT2D eigenvalue weighted by Gasteiger charge is -2.23. The van der Waals surface area contributed by atoms with E-state index < -0.39 is 28.1 Å². The number of carboxylic acids is 1. The summed E-state index contributed by atoms with van der Waals surface area (Å²) in [5.74, 6) is -1.22. The fourth-order valence-electron chi connectivity index (χ4n) is 1.48. The summed E-state index contributed by atoms with van der Waals surface area (Å²) in [5.41, 5.74) is -1.31. The predicted molar refractivity (Wildman–Crippen MR) is 71.4 cm³/mol. The minimum absolute atomic E-state index is 0.0675. The molecule has 112 valence electrons. The van der Waals surface area contributed by atoms with Gasteiger partial charge in [0.15, 0.2) is 0 Å². The first kappa shape index (κ1) is 16.4. The maximum Gasteiger partial charge on any atom is 0.339 e. The second kappa shape index (κ2) is 5.78. The Kier molecular flexibility index (Phi) is 4.74. The second-order valence-electron chi connectivity index (χ2n) is 4.81. The normalized spacial score (nSPS) is 12.2. The predicted octanol–water partition coefficient (Wildman–Crippen LogP) is 0.443. The molecule has 0 atom stereocenters. The summed E-state index contributed by atoms with van der Waals surface area (Å²) in [5, 5.41) is 18.1. The van der Waals surface area contributed by atoms with Crippen molar-refractivity contribution in [3.05, 3.63) is 23.8 Å². The van der Waals surface area contributed by atoms with Crippen molar-refractivity contribution in [2.24, 2.45) is 0 Å². The highest BCUT2D eigenvalue weighted by molar-refractivity contribution is 7.89. The summed E-state index contributed by atoms with van der Waals surface area (Å²) >= 11 is 0. The van der Waals surface area contributed by atoms with Crippen molar-refractivity contribution in [3.63, 3.8) is 0 Å². The molecule has 0 amide bonds. The van der Waals surface area contributed by atoms with E-state index in [4.69, 9.17) is 14.9 Å². The lowest BCUT2D eigenvalue weighted by molar-refractivity contribution is 0.0693. The molecule has 0 saturated carbocycles. The third kappa shape index (κ3) is 3.69. The molecule has 0 bridgehead atoms. The van der Waals surface area contributed by atoms with Gasteiger partial charge in [-0.15, -0.1) is 0 Å². The smallest absolute Gasteiger partial charge is 0.339 e. The monoisotopic (exact) mass is 303 g/mol. The number of aliphatic hydroxyl groups excluding tert-OH is 1. The number of ether oxygens (including phenoxy) is 1. The molecule has 8 heteroatoms. The number of aliphatic hydroxyl groups is 1. The van der Waals surface area contributed by atoms with Gasteiger partial charge in [0.25, 0.3) is 0 Å². The van der Waals surface area contributed by atoms with E-state index in [1.165, 1.54) is 33.1 Å². The van der Waals surface area contributed by atoms with E-state index in [9.17, 15) is 13.2 Å². The van der Waals surface area contributed by atoms with Gasteiger partial charge in [0, 0.05) is 0 Å². The van der Waals surface area contributed by atoms with Gasteiger partial charge < -0.3 is 14.9 Å². The maximum absolute atomic E-state index is 12.1. The van der Waals surface area contributed by atoms with Gasteiger partial charge in [-0.2, -0.15) is 0 Å². The summed E-state index contributed by atoms with van der Waals surface area (Å²) < 4.78 is 31.4. The van der Waals surface area contributed by atoms with E-state index in [-0.39, 0.29) is 16.2 Å². The molecule has 0 heterocycles. The van der Waals surface area contributed by atoms with Crippen molar-refractivity contribution in [1.29, 1.82) is 0 Å². The number of methoxy groups -OCH3 is 1. The minimum Gasteiger partial charge on any atom is -0.496 e. The zero-order valence-electron chi connectivity index (χ0n) is 11.4. The van der Waals surface area contributed by atoms with Crippen molar-refractivity contribution in [1.82, 2.24) is 4.72 Å². The number of hydrogen-bond acceptors (Lipinski definition) is 5. The van der Waals surface area contributed by atoms with E-state index in [0.29, 0.717) is 0 Å². The number of hydrogen-bond donors (Lipinski definition) is 3. The molecule has 1 aromatic rings. The van der Waals surface area contributed by atoms with Gasteiger partial charge in [-0.25, -0.2) is 17.9 Å². The number of benzene rings is 1. The fourth-order valence-corrected chi connectivity index (χ4v) is 2.91. The van der Waals surface area contributed by atoms with Gasteiger partial charge in [0.05, 0.1) is 24.2 Å². The van der Waals surface area contributed by atoms with Gasteiger partial charge in [-0.3, -0.25) is 0 Å². The summed E-state index contributed by atoms with van der Waals surface area (Å²) in [7, 11) is -2.65. The Morgan fingerprint density at radius 1 is 1.40 bits per heavy atom. The summed E-state index contributed by atoms with van der Waals surface area (Å²) in [6.07, 6.45) is 0. The molecule has 0 fully saturated rings. The highest BCUT2D eigenvalue weighted by atomic mass is 32.2. The highest BCUT2D eigenvalue weighted by Crippen LogP contribution is 2.23. The number of carboxylic acid groups (broad SMARTS) is 1. The van der Waals surface area contributed by atoms with Crippen LogP contribution in [0.1, 0.15) is 24.2 Å². The van der Waals surface area contributed by atoms with Gasteiger partial charge in [0.2, 0.25) is 10.0 Å². The van der Waals surface area contributed by atoms with Crippen LogP contribution in [0, 0.1) is 0 Å². The van der Waals surface area contributed by atoms with Crippen molar-refractivity contribution >= 4 is 16.0 Å². The van der Waals surface area contributed by atoms with Crippen molar-refractivity contribution < 1.29 is 28.2 Å². The Bertz CT molecular complexity index is 608. The molecule has 0 aliphatic heterocycles. The zero-order chi connectivity index (χ0) is 15.6. The molecular weight excluding hydrogens is 286 g/mol. The first-order valence-corrected chi connectivity index (χ1v) is 7.17. The van der Waals surface area contributed by atoms with Crippen LogP contribution in [-0.2, 0) is 10.0 Å². The standard InChI is InChI=1S/C12H17NO6S/c1-12(2,7-14)13-20(17,18)8-4-5-10(19-3)9(6-8)11(15)16/h4-6,13-14H,7H2,1-3H3,(H,15,16). The van der Waals surface area contributed by atoms with E-state index in [2.05, 4.69) is 4.72 Å². The molecule has 0 unspecified atom stereocenters. The van der Waals surface area contributed by atoms with Gasteiger partial charge in [-0.1, -0.05) is 0 Å². The van der Waals surface area contributed by atoms with Crippen LogP contribution in [0.5, 0.6) is 5.75 Å². The third-order valence-electron chi connectivity index (χ3n) is 2.52. The third-order valence-corrected chi connectivity index (χ3v) is 4.21. The molecule has 0 aromatic heterocycles. The maximum atomic E-state index is 12.1. The zero-order valence-corrected chi connectivity index (χ0v) is 12.2. The first-order valence-electron chi connectivity index (χ1n) is 5.69. The Labute approximate surface area is 117 Å². The molecule has 0 saturated heterocycles. The van der Waals surface area contributed by atoms with Crippen LogP contribution < -0.4 is 9.46 Å². The van der Waals surface area contributed by atoms with Crippen LogP contribution in [0.15, 0.2) is 23.1 Å². The largest absolute Gasteiger partial charge is 0.496 e. The molecule has 20 heavy (non-hydrogen) atoms. The van der Waals surface area contributed by atoms with E-state index in [1.54, 1.807) is 0 Å². The highest BCUT2D eigenvalue weighted by Gasteiger charge is 2.26. The Balaban J connectivity index is 3.27. The second-order valence-corrected chi connectivity index (χ2v) is 6.50. The van der Waals surface area contributed by atoms with Gasteiger partial charge in [0.1, 0.15) is 11.3 Å². The molecule has 0 spiro atoms. The summed E-state index contributed by atoms with van der Waals surface area (Å²) in [6, 6.07) is 3.52. The topological polar surface area (TPSA) is 113 Å². The first-order chi connectivity index (χ1) is 9.13. The molecule has 1 aromatic carbocycles. The molecule has 1 rings (SSSR count). The average Bonchev–Trinajstić information content (AvgIpc) is 2.36. The van der Waals surface area contributed by atoms with E-state index >= 15 is 0 Å². The minimum atomic E-state index is -3.94. The lowest BCUT2D eigenvalue weighted by atomic mass is 10.1. The Morgan fingerprint density at radius 3 is 2.45 bits per heavy atom. The molecule has 7 nitrogen and oxygen atoms in total. The van der Waals surface area contributed by atoms with Crippen LogP contribution in [0.4, 0.5) is 0 Å². The Hall–Kier alpha value is -1.64. The molecule has 0 aliphatic rings. The number of aromatic carboxylic acids is 1. The van der Waals surface area contributed by atoms with Gasteiger partial charge in [-0.05, 0) is 32.0 Å². The number of nitrogens with one attached hydrogen (secondary N) is 1. The average molecular weight is 303 g/mol. The molecule has 3 N–H and O–H groups in total. The van der Waals surface area contributed by atoms with Crippen LogP contribution in [0.3, 0.4) is 0 Å². The van der Waals surface area contributed by atoms with Crippen LogP contribution >= 0.6 is 0 Å². The van der Waals surface area contributed by atoms with Gasteiger partial charge >= 0.3 is 5.97 Å². The van der Waals surface area contributed by atoms with Crippen LogP contribution in [0.2, 0.25) is 0 Å². The molecule has 0 radical (unpaired) electrons. The van der Waals surface area contributed by atoms with Crippen molar-refractivity contribution in [2.75, 3.05) is 13.7 Å². The molecule has 0 aliphatic carbocycles. The lowest BCUT2D eigenvalue weighted by Crippen LogP contribution is -2.46. The number of carbonyl (C=O) groups is 1. The summed E-state index contributed by atoms with van der Waals surface area (Å²) in [6.45, 7) is 2.62. The summed E-state index contributed by atoms with van der Waals surface area (Å²) in [4.78, 5) is 10.9. The quantitative estimate of drug-likeness (QED) is 0.703. The SMILES string of the molecule is COc1ccc(S(=O)(=O)NC(C)(C)CO)cc1C(=O)O. The number of sulfonamides is 1. The van der Waals surface area contributed by atoms with Crippen LogP contribution in [-0.4, -0.2) is 43.9 Å².